The molecular formula is C7H7NO3. The highest BCUT2D eigenvalue weighted by Gasteiger charge is 2.38. The average Bonchev–Trinajstić information content (AvgIpc) is 2.51. The van der Waals surface area contributed by atoms with E-state index in [4.69, 9.17) is 9.62 Å². The van der Waals surface area contributed by atoms with Gasteiger partial charge in [0.1, 0.15) is 11.8 Å². The molecule has 0 aliphatic carbocycles. The number of amides is 1. The van der Waals surface area contributed by atoms with Crippen LogP contribution in [0.3, 0.4) is 0 Å². The minimum atomic E-state index is -0.266. The maximum Gasteiger partial charge on any atom is 0.249 e. The van der Waals surface area contributed by atoms with Gasteiger partial charge in [-0.1, -0.05) is 0 Å². The number of carbonyl (C=O) groups is 1. The Balaban J connectivity index is 2.15. The van der Waals surface area contributed by atoms with Crippen LogP contribution in [0.25, 0.3) is 0 Å². The maximum atomic E-state index is 10.6. The van der Waals surface area contributed by atoms with Crippen LogP contribution in [0.5, 0.6) is 0 Å². The predicted molar refractivity (Wildman–Crippen MR) is 34.7 cm³/mol. The van der Waals surface area contributed by atoms with Crippen molar-refractivity contribution in [1.82, 2.24) is 5.06 Å². The summed E-state index contributed by atoms with van der Waals surface area (Å²) in [7, 11) is 0. The number of hydroxylamine groups is 2. The van der Waals surface area contributed by atoms with Gasteiger partial charge in [-0.3, -0.25) is 10.0 Å². The smallest absolute Gasteiger partial charge is 0.249 e. The normalized spacial score (nSPS) is 23.5. The molecule has 1 N–H and O–H groups in total. The van der Waals surface area contributed by atoms with E-state index in [0.29, 0.717) is 17.2 Å². The van der Waals surface area contributed by atoms with Crippen LogP contribution >= 0.6 is 0 Å². The van der Waals surface area contributed by atoms with Crippen molar-refractivity contribution in [3.63, 3.8) is 0 Å². The summed E-state index contributed by atoms with van der Waals surface area (Å²) in [6.07, 6.45) is 1.86. The standard InChI is InChI=1S/C7H7NO3/c9-7-4-5(8(7)10)6-2-1-3-11-6/h1-3,5,10H,4H2. The molecule has 11 heavy (non-hydrogen) atoms. The molecule has 1 aliphatic rings. The topological polar surface area (TPSA) is 53.7 Å². The summed E-state index contributed by atoms with van der Waals surface area (Å²) in [4.78, 5) is 10.6. The number of rotatable bonds is 1. The van der Waals surface area contributed by atoms with E-state index in [1.54, 1.807) is 12.1 Å². The molecule has 4 heteroatoms. The zero-order valence-corrected chi connectivity index (χ0v) is 5.73. The molecule has 1 fully saturated rings. The lowest BCUT2D eigenvalue weighted by molar-refractivity contribution is -0.205. The van der Waals surface area contributed by atoms with E-state index in [9.17, 15) is 4.79 Å². The van der Waals surface area contributed by atoms with Gasteiger partial charge in [0.15, 0.2) is 0 Å². The van der Waals surface area contributed by atoms with Crippen LogP contribution in [0.1, 0.15) is 18.2 Å². The fraction of sp³-hybridized carbons (Fsp3) is 0.286. The number of hydrogen-bond donors (Lipinski definition) is 1. The second-order valence-electron chi connectivity index (χ2n) is 2.47. The van der Waals surface area contributed by atoms with Crippen molar-refractivity contribution in [2.75, 3.05) is 0 Å². The van der Waals surface area contributed by atoms with Gasteiger partial charge in [0, 0.05) is 0 Å². The van der Waals surface area contributed by atoms with Crippen molar-refractivity contribution in [3.05, 3.63) is 24.2 Å². The molecular weight excluding hydrogens is 146 g/mol. The SMILES string of the molecule is O=C1CC(c2ccco2)N1O. The Morgan fingerprint density at radius 2 is 2.55 bits per heavy atom. The Hall–Kier alpha value is -1.29. The van der Waals surface area contributed by atoms with E-state index >= 15 is 0 Å². The molecule has 4 nitrogen and oxygen atoms in total. The Bertz CT molecular complexity index is 267. The van der Waals surface area contributed by atoms with Crippen LogP contribution in [0.4, 0.5) is 0 Å². The number of nitrogens with zero attached hydrogens (tertiary/aromatic N) is 1. The van der Waals surface area contributed by atoms with Crippen molar-refractivity contribution >= 4 is 5.91 Å². The van der Waals surface area contributed by atoms with Gasteiger partial charge in [0.2, 0.25) is 5.91 Å². The molecule has 0 radical (unpaired) electrons. The molecule has 58 valence electrons. The molecule has 1 aromatic rings. The van der Waals surface area contributed by atoms with Gasteiger partial charge in [-0.2, -0.15) is 0 Å². The summed E-state index contributed by atoms with van der Waals surface area (Å²) >= 11 is 0. The Labute approximate surface area is 63.0 Å². The Kier molecular flexibility index (Phi) is 1.22. The van der Waals surface area contributed by atoms with Gasteiger partial charge in [0.05, 0.1) is 12.7 Å². The van der Waals surface area contributed by atoms with Gasteiger partial charge < -0.3 is 4.42 Å². The lowest BCUT2D eigenvalue weighted by atomic mass is 10.0. The number of β-lactam (4-membered cyclic amide) rings is 1. The lowest BCUT2D eigenvalue weighted by Gasteiger charge is -2.32. The molecule has 1 aromatic heterocycles. The quantitative estimate of drug-likeness (QED) is 0.482. The predicted octanol–water partition coefficient (Wildman–Crippen LogP) is 0.942. The Morgan fingerprint density at radius 3 is 3.00 bits per heavy atom. The van der Waals surface area contributed by atoms with E-state index < -0.39 is 0 Å². The molecule has 0 saturated carbocycles. The van der Waals surface area contributed by atoms with E-state index in [2.05, 4.69) is 0 Å². The molecule has 1 unspecified atom stereocenters. The summed E-state index contributed by atoms with van der Waals surface area (Å²) in [5.41, 5.74) is 0. The third kappa shape index (κ3) is 0.832. The average molecular weight is 153 g/mol. The van der Waals surface area contributed by atoms with Crippen LogP contribution in [0.2, 0.25) is 0 Å². The summed E-state index contributed by atoms with van der Waals surface area (Å²) in [6, 6.07) is 3.20. The largest absolute Gasteiger partial charge is 0.467 e. The van der Waals surface area contributed by atoms with Crippen molar-refractivity contribution < 1.29 is 14.4 Å². The van der Waals surface area contributed by atoms with E-state index in [1.165, 1.54) is 6.26 Å². The first-order valence-electron chi connectivity index (χ1n) is 3.33. The second kappa shape index (κ2) is 2.10. The van der Waals surface area contributed by atoms with Crippen LogP contribution in [0.15, 0.2) is 22.8 Å². The van der Waals surface area contributed by atoms with E-state index in [-0.39, 0.29) is 11.9 Å². The van der Waals surface area contributed by atoms with Crippen LogP contribution in [0, 0.1) is 0 Å². The molecule has 1 aliphatic heterocycles. The lowest BCUT2D eigenvalue weighted by Crippen LogP contribution is -2.43. The van der Waals surface area contributed by atoms with Crippen molar-refractivity contribution in [2.24, 2.45) is 0 Å². The monoisotopic (exact) mass is 153 g/mol. The fourth-order valence-electron chi connectivity index (χ4n) is 1.11. The highest BCUT2D eigenvalue weighted by Crippen LogP contribution is 2.32. The number of hydrogen-bond acceptors (Lipinski definition) is 3. The minimum Gasteiger partial charge on any atom is -0.467 e. The first-order valence-corrected chi connectivity index (χ1v) is 3.33. The zero-order chi connectivity index (χ0) is 7.84. The molecule has 2 heterocycles. The highest BCUT2D eigenvalue weighted by atomic mass is 16.5. The molecule has 0 aromatic carbocycles. The van der Waals surface area contributed by atoms with Gasteiger partial charge in [-0.15, -0.1) is 0 Å². The number of furan rings is 1. The summed E-state index contributed by atoms with van der Waals surface area (Å²) in [5, 5.41) is 9.67. The van der Waals surface area contributed by atoms with Crippen LogP contribution in [-0.2, 0) is 4.79 Å². The van der Waals surface area contributed by atoms with Gasteiger partial charge >= 0.3 is 0 Å². The van der Waals surface area contributed by atoms with Gasteiger partial charge in [-0.25, -0.2) is 5.06 Å². The van der Waals surface area contributed by atoms with Crippen LogP contribution in [-0.4, -0.2) is 16.2 Å². The van der Waals surface area contributed by atoms with Crippen LogP contribution < -0.4 is 0 Å². The van der Waals surface area contributed by atoms with Crippen molar-refractivity contribution in [1.29, 1.82) is 0 Å². The van der Waals surface area contributed by atoms with Crippen molar-refractivity contribution in [3.8, 4) is 0 Å². The molecule has 1 amide bonds. The molecule has 2 rings (SSSR count). The van der Waals surface area contributed by atoms with E-state index in [1.807, 2.05) is 0 Å². The molecule has 0 bridgehead atoms. The second-order valence-corrected chi connectivity index (χ2v) is 2.47. The highest BCUT2D eigenvalue weighted by molar-refractivity contribution is 5.81. The summed E-state index contributed by atoms with van der Waals surface area (Å²) in [6.45, 7) is 0. The Morgan fingerprint density at radius 1 is 1.73 bits per heavy atom. The maximum absolute atomic E-state index is 10.6. The number of carbonyl (C=O) groups excluding carboxylic acids is 1. The molecule has 1 saturated heterocycles. The first-order chi connectivity index (χ1) is 5.29. The van der Waals surface area contributed by atoms with Gasteiger partial charge in [-0.05, 0) is 12.1 Å². The molecule has 1 atom stereocenters. The fourth-order valence-corrected chi connectivity index (χ4v) is 1.11. The summed E-state index contributed by atoms with van der Waals surface area (Å²) in [5.74, 6) is 0.374. The van der Waals surface area contributed by atoms with Gasteiger partial charge in [0.25, 0.3) is 0 Å². The third-order valence-electron chi connectivity index (χ3n) is 1.79. The van der Waals surface area contributed by atoms with E-state index in [0.717, 1.165) is 0 Å². The minimum absolute atomic E-state index is 0.258. The van der Waals surface area contributed by atoms with Crippen molar-refractivity contribution in [2.45, 2.75) is 12.5 Å². The zero-order valence-electron chi connectivity index (χ0n) is 5.73. The molecule has 0 spiro atoms. The third-order valence-corrected chi connectivity index (χ3v) is 1.79. The first kappa shape index (κ1) is 6.42. The summed E-state index contributed by atoms with van der Waals surface area (Å²) < 4.78 is 5.00.